The molecule has 2 amide bonds. The van der Waals surface area contributed by atoms with Crippen LogP contribution >= 0.6 is 0 Å². The molecule has 0 saturated heterocycles. The number of amides is 2. The molecule has 0 aliphatic carbocycles. The van der Waals surface area contributed by atoms with Gasteiger partial charge in [-0.3, -0.25) is 19.7 Å². The molecule has 1 aliphatic heterocycles. The minimum absolute atomic E-state index is 0.241. The molecule has 2 aromatic heterocycles. The van der Waals surface area contributed by atoms with Gasteiger partial charge in [0.15, 0.2) is 5.69 Å². The number of rotatable bonds is 7. The van der Waals surface area contributed by atoms with E-state index in [1.165, 1.54) is 0 Å². The van der Waals surface area contributed by atoms with Crippen molar-refractivity contribution in [2.45, 2.75) is 25.8 Å². The summed E-state index contributed by atoms with van der Waals surface area (Å²) in [5.74, 6) is -0.487. The molecule has 5 rings (SSSR count). The largest absolute Gasteiger partial charge is 0.378 e. The van der Waals surface area contributed by atoms with E-state index < -0.39 is 6.04 Å². The number of aryl methyl sites for hydroxylation is 2. The lowest BCUT2D eigenvalue weighted by atomic mass is 9.93. The van der Waals surface area contributed by atoms with Crippen molar-refractivity contribution >= 4 is 34.1 Å². The zero-order valence-electron chi connectivity index (χ0n) is 20.1. The number of nitrogens with zero attached hydrogens (tertiary/aromatic N) is 4. The molecule has 1 aliphatic rings. The Hall–Kier alpha value is -4.20. The second kappa shape index (κ2) is 9.21. The van der Waals surface area contributed by atoms with E-state index in [2.05, 4.69) is 20.5 Å². The Bertz CT molecular complexity index is 1390. The van der Waals surface area contributed by atoms with Gasteiger partial charge in [0.25, 0.3) is 11.8 Å². The average molecular weight is 469 g/mol. The highest BCUT2D eigenvalue weighted by atomic mass is 16.2. The molecular formula is C27H28N6O2. The molecule has 2 N–H and O–H groups in total. The van der Waals surface area contributed by atoms with Gasteiger partial charge in [-0.25, -0.2) is 0 Å². The molecule has 1 unspecified atom stereocenters. The van der Waals surface area contributed by atoms with Crippen LogP contribution in [0, 0.1) is 6.92 Å². The van der Waals surface area contributed by atoms with Crippen molar-refractivity contribution in [3.63, 3.8) is 0 Å². The van der Waals surface area contributed by atoms with E-state index in [-0.39, 0.29) is 11.8 Å². The van der Waals surface area contributed by atoms with Crippen LogP contribution < -0.4 is 10.2 Å². The molecular weight excluding hydrogens is 440 g/mol. The maximum Gasteiger partial charge on any atom is 0.275 e. The van der Waals surface area contributed by atoms with Crippen LogP contribution in [0.25, 0.3) is 10.9 Å². The second-order valence-corrected chi connectivity index (χ2v) is 9.05. The molecule has 0 saturated carbocycles. The minimum Gasteiger partial charge on any atom is -0.378 e. The van der Waals surface area contributed by atoms with Crippen LogP contribution in [0.3, 0.4) is 0 Å². The molecule has 2 aromatic carbocycles. The van der Waals surface area contributed by atoms with Crippen LogP contribution in [0.5, 0.6) is 0 Å². The summed E-state index contributed by atoms with van der Waals surface area (Å²) in [6.07, 6.45) is 1.39. The molecule has 8 heteroatoms. The van der Waals surface area contributed by atoms with Gasteiger partial charge in [0.2, 0.25) is 0 Å². The van der Waals surface area contributed by atoms with E-state index in [1.807, 2.05) is 86.6 Å². The van der Waals surface area contributed by atoms with Gasteiger partial charge in [-0.15, -0.1) is 0 Å². The molecule has 0 radical (unpaired) electrons. The Balaban J connectivity index is 1.43. The number of hydrogen-bond acceptors (Lipinski definition) is 5. The van der Waals surface area contributed by atoms with Gasteiger partial charge in [0.05, 0.1) is 5.52 Å². The molecule has 4 aromatic rings. The van der Waals surface area contributed by atoms with E-state index in [1.54, 1.807) is 4.90 Å². The zero-order valence-corrected chi connectivity index (χ0v) is 20.1. The smallest absolute Gasteiger partial charge is 0.275 e. The first-order valence-electron chi connectivity index (χ1n) is 11.7. The average Bonchev–Trinajstić information content (AvgIpc) is 3.28. The predicted molar refractivity (Wildman–Crippen MR) is 137 cm³/mol. The maximum atomic E-state index is 13.6. The number of H-pyrrole nitrogens is 1. The van der Waals surface area contributed by atoms with Gasteiger partial charge in [0, 0.05) is 48.8 Å². The van der Waals surface area contributed by atoms with Gasteiger partial charge < -0.3 is 15.1 Å². The fourth-order valence-electron chi connectivity index (χ4n) is 4.64. The monoisotopic (exact) mass is 468 g/mol. The summed E-state index contributed by atoms with van der Waals surface area (Å²) >= 11 is 0. The van der Waals surface area contributed by atoms with Crippen LogP contribution in [-0.2, 0) is 11.2 Å². The molecule has 0 fully saturated rings. The number of aromatic amines is 1. The Morgan fingerprint density at radius 3 is 2.60 bits per heavy atom. The standard InChI is InChI=1S/C27H28N6O2/c1-17-7-4-8-18(28-17)9-6-16-33-25(26(34)29-19-12-14-20(15-13-19)32(2)3)21-10-5-11-22-23(21)24(27(33)35)31-30-22/h4-5,7-8,10-15,25H,6,9,16H2,1-3H3,(H,29,34)(H,30,31). The van der Waals surface area contributed by atoms with Gasteiger partial charge >= 0.3 is 0 Å². The number of carbonyl (C=O) groups is 2. The second-order valence-electron chi connectivity index (χ2n) is 9.05. The van der Waals surface area contributed by atoms with Gasteiger partial charge in [0.1, 0.15) is 6.04 Å². The minimum atomic E-state index is -0.754. The lowest BCUT2D eigenvalue weighted by molar-refractivity contribution is -0.120. The fourth-order valence-corrected chi connectivity index (χ4v) is 4.64. The van der Waals surface area contributed by atoms with Crippen LogP contribution in [0.15, 0.2) is 60.7 Å². The Kier molecular flexibility index (Phi) is 5.94. The van der Waals surface area contributed by atoms with Crippen LogP contribution in [0.4, 0.5) is 11.4 Å². The van der Waals surface area contributed by atoms with Crippen molar-refractivity contribution in [2.24, 2.45) is 0 Å². The number of aromatic nitrogens is 3. The molecule has 0 spiro atoms. The van der Waals surface area contributed by atoms with E-state index in [4.69, 9.17) is 0 Å². The summed E-state index contributed by atoms with van der Waals surface area (Å²) < 4.78 is 0. The lowest BCUT2D eigenvalue weighted by Crippen LogP contribution is -2.44. The SMILES string of the molecule is Cc1cccc(CCCN2C(=O)c3n[nH]c4cccc(c34)C2C(=O)Nc2ccc(N(C)C)cc2)n1. The summed E-state index contributed by atoms with van der Waals surface area (Å²) in [6.45, 7) is 2.37. The quantitative estimate of drug-likeness (QED) is 0.426. The molecule has 8 nitrogen and oxygen atoms in total. The van der Waals surface area contributed by atoms with Crippen molar-refractivity contribution in [3.05, 3.63) is 83.3 Å². The first-order valence-corrected chi connectivity index (χ1v) is 11.7. The van der Waals surface area contributed by atoms with Crippen molar-refractivity contribution < 1.29 is 9.59 Å². The number of pyridine rings is 1. The third kappa shape index (κ3) is 4.35. The van der Waals surface area contributed by atoms with Gasteiger partial charge in [-0.05, 0) is 67.8 Å². The zero-order chi connectivity index (χ0) is 24.5. The fraction of sp³-hybridized carbons (Fsp3) is 0.259. The van der Waals surface area contributed by atoms with Crippen molar-refractivity contribution in [3.8, 4) is 0 Å². The maximum absolute atomic E-state index is 13.6. The lowest BCUT2D eigenvalue weighted by Gasteiger charge is -2.34. The highest BCUT2D eigenvalue weighted by Crippen LogP contribution is 2.37. The van der Waals surface area contributed by atoms with Crippen molar-refractivity contribution in [2.75, 3.05) is 30.9 Å². The molecule has 0 bridgehead atoms. The number of carbonyl (C=O) groups excluding carboxylic acids is 2. The van der Waals surface area contributed by atoms with E-state index in [0.717, 1.165) is 33.5 Å². The normalized spacial score (nSPS) is 14.9. The van der Waals surface area contributed by atoms with Crippen LogP contribution in [-0.4, -0.2) is 52.5 Å². The topological polar surface area (TPSA) is 94.2 Å². The van der Waals surface area contributed by atoms with Crippen LogP contribution in [0.2, 0.25) is 0 Å². The Morgan fingerprint density at radius 1 is 1.09 bits per heavy atom. The molecule has 3 heterocycles. The van der Waals surface area contributed by atoms with Crippen LogP contribution in [0.1, 0.15) is 39.9 Å². The third-order valence-electron chi connectivity index (χ3n) is 6.37. The van der Waals surface area contributed by atoms with E-state index >= 15 is 0 Å². The number of nitrogens with one attached hydrogen (secondary N) is 2. The highest BCUT2D eigenvalue weighted by Gasteiger charge is 2.39. The van der Waals surface area contributed by atoms with Crippen molar-refractivity contribution in [1.29, 1.82) is 0 Å². The molecule has 35 heavy (non-hydrogen) atoms. The van der Waals surface area contributed by atoms with Gasteiger partial charge in [-0.2, -0.15) is 5.10 Å². The Labute approximate surface area is 204 Å². The summed E-state index contributed by atoms with van der Waals surface area (Å²) in [7, 11) is 3.93. The summed E-state index contributed by atoms with van der Waals surface area (Å²) in [5.41, 5.74) is 5.55. The number of anilines is 2. The molecule has 178 valence electrons. The van der Waals surface area contributed by atoms with E-state index in [0.29, 0.717) is 30.8 Å². The first kappa shape index (κ1) is 22.6. The highest BCUT2D eigenvalue weighted by molar-refractivity contribution is 6.12. The number of benzene rings is 2. The first-order chi connectivity index (χ1) is 16.9. The summed E-state index contributed by atoms with van der Waals surface area (Å²) in [4.78, 5) is 35.3. The van der Waals surface area contributed by atoms with Gasteiger partial charge in [-0.1, -0.05) is 18.2 Å². The van der Waals surface area contributed by atoms with E-state index in [9.17, 15) is 9.59 Å². The summed E-state index contributed by atoms with van der Waals surface area (Å²) in [6, 6.07) is 18.5. The third-order valence-corrected chi connectivity index (χ3v) is 6.37. The van der Waals surface area contributed by atoms with Crippen molar-refractivity contribution in [1.82, 2.24) is 20.1 Å². The number of hydrogen-bond donors (Lipinski definition) is 2. The Morgan fingerprint density at radius 2 is 1.86 bits per heavy atom. The predicted octanol–water partition coefficient (Wildman–Crippen LogP) is 4.10. The molecule has 1 atom stereocenters. The summed E-state index contributed by atoms with van der Waals surface area (Å²) in [5, 5.41) is 11.0.